The predicted molar refractivity (Wildman–Crippen MR) is 200 cm³/mol. The lowest BCUT2D eigenvalue weighted by molar-refractivity contribution is -0.216. The average molecular weight is 767 g/mol. The summed E-state index contributed by atoms with van der Waals surface area (Å²) in [6.07, 6.45) is 2.93. The van der Waals surface area contributed by atoms with Crippen LogP contribution < -0.4 is 15.2 Å². The standard InChI is InChI=1S/C41H43ClN6O7/c1-40(2)38(41(3,4)39(40)55-27-7-5-24(21-43)30(42)20-27)48-33(49)12-11-32(37(48)53)47-35(51)28-9-8-26(19-29(28)36(47)52)54-18-17-46-15-13-23(14-16-46)31-10-6-25(22-45-31)34(44)50/h5-10,19-20,22-23,32,38-39H,11-18H2,1-4H3,(H2,44,50). The molecule has 7 rings (SSSR count). The number of rotatable bonds is 10. The molecule has 1 saturated carbocycles. The maximum absolute atomic E-state index is 14.3. The molecule has 2 N–H and O–H groups in total. The Hall–Kier alpha value is -5.32. The molecule has 3 aromatic rings. The Labute approximate surface area is 324 Å². The number of nitrogens with zero attached hydrogens (tertiary/aromatic N) is 5. The van der Waals surface area contributed by atoms with Gasteiger partial charge in [-0.2, -0.15) is 5.26 Å². The number of imide groups is 2. The number of benzene rings is 2. The summed E-state index contributed by atoms with van der Waals surface area (Å²) in [5.41, 5.74) is 5.92. The number of hydrogen-bond acceptors (Lipinski definition) is 10. The molecule has 1 aliphatic carbocycles. The molecule has 0 radical (unpaired) electrons. The van der Waals surface area contributed by atoms with Crippen molar-refractivity contribution in [2.75, 3.05) is 26.2 Å². The van der Waals surface area contributed by atoms with Crippen molar-refractivity contribution in [1.29, 1.82) is 5.26 Å². The quantitative estimate of drug-likeness (QED) is 0.278. The van der Waals surface area contributed by atoms with Crippen LogP contribution in [0.3, 0.4) is 0 Å². The van der Waals surface area contributed by atoms with Crippen LogP contribution in [0.1, 0.15) is 102 Å². The van der Waals surface area contributed by atoms with E-state index in [9.17, 15) is 29.2 Å². The number of carbonyl (C=O) groups is 5. The summed E-state index contributed by atoms with van der Waals surface area (Å²) in [7, 11) is 0. The highest BCUT2D eigenvalue weighted by atomic mass is 35.5. The van der Waals surface area contributed by atoms with Crippen LogP contribution in [0, 0.1) is 22.2 Å². The van der Waals surface area contributed by atoms with Gasteiger partial charge in [-0.3, -0.25) is 43.7 Å². The number of primary amides is 1. The van der Waals surface area contributed by atoms with Crippen molar-refractivity contribution in [3.8, 4) is 17.6 Å². The van der Waals surface area contributed by atoms with Crippen molar-refractivity contribution in [1.82, 2.24) is 19.7 Å². The maximum atomic E-state index is 14.3. The Bertz CT molecular complexity index is 2110. The molecule has 1 atom stereocenters. The normalized spacial score (nSPS) is 23.6. The lowest BCUT2D eigenvalue weighted by Crippen LogP contribution is -2.77. The summed E-state index contributed by atoms with van der Waals surface area (Å²) in [5.74, 6) is -1.43. The minimum Gasteiger partial charge on any atom is -0.492 e. The fraction of sp³-hybridized carbons (Fsp3) is 0.439. The Kier molecular flexibility index (Phi) is 9.94. The van der Waals surface area contributed by atoms with Crippen LogP contribution in [0.5, 0.6) is 11.5 Å². The number of amides is 5. The van der Waals surface area contributed by atoms with Gasteiger partial charge in [0.05, 0.1) is 33.3 Å². The first-order chi connectivity index (χ1) is 26.1. The van der Waals surface area contributed by atoms with Gasteiger partial charge in [-0.25, -0.2) is 0 Å². The Balaban J connectivity index is 0.976. The van der Waals surface area contributed by atoms with E-state index in [-0.39, 0.29) is 34.9 Å². The third-order valence-corrected chi connectivity index (χ3v) is 12.0. The summed E-state index contributed by atoms with van der Waals surface area (Å²) in [6.45, 7) is 10.4. The fourth-order valence-electron chi connectivity index (χ4n) is 9.32. The van der Waals surface area contributed by atoms with E-state index in [0.717, 1.165) is 36.5 Å². The van der Waals surface area contributed by atoms with Gasteiger partial charge in [-0.1, -0.05) is 39.3 Å². The molecule has 3 aliphatic heterocycles. The highest BCUT2D eigenvalue weighted by Gasteiger charge is 2.68. The number of halogens is 1. The molecule has 14 heteroatoms. The second kappa shape index (κ2) is 14.4. The molecular formula is C41H43ClN6O7. The monoisotopic (exact) mass is 766 g/mol. The summed E-state index contributed by atoms with van der Waals surface area (Å²) < 4.78 is 12.4. The third-order valence-electron chi connectivity index (χ3n) is 11.7. The number of fused-ring (bicyclic) bond motifs is 1. The molecule has 0 spiro atoms. The second-order valence-corrected chi connectivity index (χ2v) is 16.3. The van der Waals surface area contributed by atoms with Crippen LogP contribution in [-0.2, 0) is 9.59 Å². The van der Waals surface area contributed by atoms with Gasteiger partial charge in [0.15, 0.2) is 0 Å². The lowest BCUT2D eigenvalue weighted by atomic mass is 9.48. The van der Waals surface area contributed by atoms with Gasteiger partial charge in [0.25, 0.3) is 17.7 Å². The van der Waals surface area contributed by atoms with Crippen molar-refractivity contribution in [3.63, 3.8) is 0 Å². The van der Waals surface area contributed by atoms with E-state index in [4.69, 9.17) is 26.8 Å². The number of hydrogen-bond donors (Lipinski definition) is 1. The first-order valence-corrected chi connectivity index (χ1v) is 18.9. The van der Waals surface area contributed by atoms with Gasteiger partial charge in [0, 0.05) is 47.7 Å². The smallest absolute Gasteiger partial charge is 0.262 e. The zero-order chi connectivity index (χ0) is 39.4. The molecule has 1 unspecified atom stereocenters. The summed E-state index contributed by atoms with van der Waals surface area (Å²) in [5, 5.41) is 9.51. The molecule has 55 heavy (non-hydrogen) atoms. The number of piperidine rings is 2. The van der Waals surface area contributed by atoms with Gasteiger partial charge in [-0.05, 0) is 74.8 Å². The number of pyridine rings is 1. The average Bonchev–Trinajstić information content (AvgIpc) is 3.40. The van der Waals surface area contributed by atoms with E-state index < -0.39 is 52.6 Å². The Morgan fingerprint density at radius 3 is 2.25 bits per heavy atom. The van der Waals surface area contributed by atoms with Crippen molar-refractivity contribution in [2.45, 2.75) is 77.5 Å². The number of nitrogens with two attached hydrogens (primary N) is 1. The third kappa shape index (κ3) is 6.72. The fourth-order valence-corrected chi connectivity index (χ4v) is 9.53. The molecule has 286 valence electrons. The van der Waals surface area contributed by atoms with Crippen LogP contribution >= 0.6 is 11.6 Å². The van der Waals surface area contributed by atoms with E-state index in [2.05, 4.69) is 9.88 Å². The topological polar surface area (TPSA) is 176 Å². The van der Waals surface area contributed by atoms with Crippen molar-refractivity contribution in [2.24, 2.45) is 16.6 Å². The highest BCUT2D eigenvalue weighted by molar-refractivity contribution is 6.31. The van der Waals surface area contributed by atoms with Crippen molar-refractivity contribution in [3.05, 3.63) is 87.7 Å². The number of carbonyl (C=O) groups excluding carboxylic acids is 5. The molecule has 0 bridgehead atoms. The van der Waals surface area contributed by atoms with Crippen LogP contribution in [0.4, 0.5) is 0 Å². The highest BCUT2D eigenvalue weighted by Crippen LogP contribution is 2.58. The SMILES string of the molecule is CC1(C)C(Oc2ccc(C#N)c(Cl)c2)C(C)(C)C1N1C(=O)CCC(N2C(=O)c3ccc(OCCN4CCC(c5ccc(C(N)=O)cn5)CC4)cc3C2=O)C1=O. The lowest BCUT2D eigenvalue weighted by Gasteiger charge is -2.65. The minimum absolute atomic E-state index is 0.00702. The van der Waals surface area contributed by atoms with Crippen LogP contribution in [0.25, 0.3) is 0 Å². The number of ether oxygens (including phenoxy) is 2. The van der Waals surface area contributed by atoms with Gasteiger partial charge in [0.2, 0.25) is 11.8 Å². The van der Waals surface area contributed by atoms with Gasteiger partial charge in [-0.15, -0.1) is 0 Å². The summed E-state index contributed by atoms with van der Waals surface area (Å²) in [4.78, 5) is 75.7. The van der Waals surface area contributed by atoms with Crippen LogP contribution in [0.15, 0.2) is 54.7 Å². The van der Waals surface area contributed by atoms with Gasteiger partial charge >= 0.3 is 0 Å². The predicted octanol–water partition coefficient (Wildman–Crippen LogP) is 4.96. The first-order valence-electron chi connectivity index (χ1n) is 18.5. The molecule has 13 nitrogen and oxygen atoms in total. The summed E-state index contributed by atoms with van der Waals surface area (Å²) >= 11 is 6.25. The largest absolute Gasteiger partial charge is 0.492 e. The molecule has 5 amide bonds. The molecule has 1 aromatic heterocycles. The number of likely N-dealkylation sites (tertiary alicyclic amines) is 2. The van der Waals surface area contributed by atoms with E-state index in [0.29, 0.717) is 41.7 Å². The zero-order valence-corrected chi connectivity index (χ0v) is 32.0. The van der Waals surface area contributed by atoms with Crippen LogP contribution in [-0.4, -0.2) is 93.6 Å². The Morgan fingerprint density at radius 1 is 0.927 bits per heavy atom. The molecule has 2 aromatic carbocycles. The van der Waals surface area contributed by atoms with E-state index >= 15 is 0 Å². The molecular weight excluding hydrogens is 724 g/mol. The Morgan fingerprint density at radius 2 is 1.62 bits per heavy atom. The van der Waals surface area contributed by atoms with Gasteiger partial charge in [0.1, 0.15) is 36.3 Å². The zero-order valence-electron chi connectivity index (χ0n) is 31.2. The molecule has 3 fully saturated rings. The van der Waals surface area contributed by atoms with Crippen molar-refractivity contribution >= 4 is 41.1 Å². The van der Waals surface area contributed by atoms with Crippen LogP contribution in [0.2, 0.25) is 5.02 Å². The first kappa shape index (κ1) is 38.0. The minimum atomic E-state index is -1.14. The number of aromatic nitrogens is 1. The van der Waals surface area contributed by atoms with Gasteiger partial charge < -0.3 is 15.2 Å². The number of nitriles is 1. The molecule has 4 heterocycles. The molecule has 2 saturated heterocycles. The van der Waals surface area contributed by atoms with E-state index in [1.165, 1.54) is 11.1 Å². The molecule has 4 aliphatic rings. The van der Waals surface area contributed by atoms with E-state index in [1.54, 1.807) is 42.5 Å². The van der Waals surface area contributed by atoms with E-state index in [1.807, 2.05) is 39.8 Å². The summed E-state index contributed by atoms with van der Waals surface area (Å²) in [6, 6.07) is 13.4. The van der Waals surface area contributed by atoms with Crippen molar-refractivity contribution < 1.29 is 33.4 Å². The maximum Gasteiger partial charge on any atom is 0.262 e. The second-order valence-electron chi connectivity index (χ2n) is 15.9.